The normalized spacial score (nSPS) is 14.6. The molecule has 1 amide bonds. The van der Waals surface area contributed by atoms with Gasteiger partial charge in [-0.3, -0.25) is 4.79 Å². The molecule has 0 bridgehead atoms. The lowest BCUT2D eigenvalue weighted by molar-refractivity contribution is 0.0640. The average Bonchev–Trinajstić information content (AvgIpc) is 3.21. The number of aromatic nitrogens is 3. The van der Waals surface area contributed by atoms with E-state index >= 15 is 0 Å². The van der Waals surface area contributed by atoms with Crippen molar-refractivity contribution in [3.63, 3.8) is 0 Å². The molecule has 4 aromatic rings. The average molecular weight is 422 g/mol. The summed E-state index contributed by atoms with van der Waals surface area (Å²) in [5.41, 5.74) is 0.642. The molecule has 0 aliphatic heterocycles. The zero-order chi connectivity index (χ0) is 20.7. The van der Waals surface area contributed by atoms with Crippen LogP contribution in [0.25, 0.3) is 16.4 Å². The van der Waals surface area contributed by atoms with E-state index in [1.54, 1.807) is 28.0 Å². The number of hydrogen-bond donors (Lipinski definition) is 0. The van der Waals surface area contributed by atoms with E-state index in [1.807, 2.05) is 36.6 Å². The molecule has 30 heavy (non-hydrogen) atoms. The summed E-state index contributed by atoms with van der Waals surface area (Å²) in [4.78, 5) is 20.8. The minimum absolute atomic E-state index is 0.119. The van der Waals surface area contributed by atoms with Gasteiger partial charge in [-0.1, -0.05) is 6.07 Å². The van der Waals surface area contributed by atoms with Crippen LogP contribution in [0.5, 0.6) is 0 Å². The summed E-state index contributed by atoms with van der Waals surface area (Å²) in [7, 11) is 0. The Morgan fingerprint density at radius 3 is 2.67 bits per heavy atom. The van der Waals surface area contributed by atoms with Crippen molar-refractivity contribution in [1.29, 1.82) is 0 Å². The number of furan rings is 1. The number of hydrogen-bond acceptors (Lipinski definition) is 5. The van der Waals surface area contributed by atoms with Crippen LogP contribution in [0, 0.1) is 5.82 Å². The summed E-state index contributed by atoms with van der Waals surface area (Å²) >= 11 is 1.51. The molecule has 1 saturated carbocycles. The predicted octanol–water partition coefficient (Wildman–Crippen LogP) is 5.09. The summed E-state index contributed by atoms with van der Waals surface area (Å²) in [6, 6.07) is 13.4. The number of thiophene rings is 1. The molecule has 0 spiro atoms. The molecule has 5 rings (SSSR count). The first-order chi connectivity index (χ1) is 14.6. The molecular formula is C22H19FN4O2S. The van der Waals surface area contributed by atoms with Gasteiger partial charge in [-0.2, -0.15) is 0 Å². The maximum Gasteiger partial charge on any atom is 0.294 e. The van der Waals surface area contributed by atoms with E-state index in [0.29, 0.717) is 11.5 Å². The van der Waals surface area contributed by atoms with Crippen LogP contribution in [-0.4, -0.2) is 31.6 Å². The Balaban J connectivity index is 1.56. The molecule has 1 atom stereocenters. The molecule has 1 aromatic carbocycles. The maximum atomic E-state index is 13.5. The van der Waals surface area contributed by atoms with Gasteiger partial charge in [-0.15, -0.1) is 16.4 Å². The number of nitrogens with zero attached hydrogens (tertiary/aromatic N) is 4. The summed E-state index contributed by atoms with van der Waals surface area (Å²) in [6.45, 7) is 1.95. The molecule has 1 aliphatic rings. The first kappa shape index (κ1) is 18.7. The predicted molar refractivity (Wildman–Crippen MR) is 111 cm³/mol. The molecule has 3 heterocycles. The number of rotatable bonds is 6. The van der Waals surface area contributed by atoms with Gasteiger partial charge in [-0.05, 0) is 67.6 Å². The Morgan fingerprint density at radius 1 is 1.23 bits per heavy atom. The van der Waals surface area contributed by atoms with E-state index in [4.69, 9.17) is 4.42 Å². The van der Waals surface area contributed by atoms with Gasteiger partial charge in [0.05, 0.1) is 22.9 Å². The van der Waals surface area contributed by atoms with E-state index < -0.39 is 0 Å². The molecule has 8 heteroatoms. The second-order valence-electron chi connectivity index (χ2n) is 7.26. The fourth-order valence-corrected chi connectivity index (χ4v) is 4.22. The fourth-order valence-electron chi connectivity index (χ4n) is 3.52. The molecule has 1 unspecified atom stereocenters. The Bertz CT molecular complexity index is 1150. The molecule has 0 N–H and O–H groups in total. The number of carbonyl (C=O) groups excluding carboxylic acids is 1. The Hall–Kier alpha value is -3.26. The van der Waals surface area contributed by atoms with Crippen molar-refractivity contribution >= 4 is 17.2 Å². The summed E-state index contributed by atoms with van der Waals surface area (Å²) in [6.07, 6.45) is 3.51. The number of halogens is 1. The van der Waals surface area contributed by atoms with Crippen LogP contribution in [0.2, 0.25) is 0 Å². The van der Waals surface area contributed by atoms with Gasteiger partial charge < -0.3 is 9.32 Å². The number of amides is 1. The largest absolute Gasteiger partial charge is 0.467 e. The van der Waals surface area contributed by atoms with Crippen molar-refractivity contribution in [2.24, 2.45) is 0 Å². The van der Waals surface area contributed by atoms with Gasteiger partial charge in [0.25, 0.3) is 5.91 Å². The monoisotopic (exact) mass is 422 g/mol. The quantitative estimate of drug-likeness (QED) is 0.434. The third-order valence-electron chi connectivity index (χ3n) is 5.16. The van der Waals surface area contributed by atoms with E-state index in [-0.39, 0.29) is 29.6 Å². The van der Waals surface area contributed by atoms with Gasteiger partial charge in [0.2, 0.25) is 5.82 Å². The van der Waals surface area contributed by atoms with Crippen LogP contribution in [-0.2, 0) is 0 Å². The highest BCUT2D eigenvalue weighted by Crippen LogP contribution is 2.36. The maximum absolute atomic E-state index is 13.5. The third-order valence-corrected chi connectivity index (χ3v) is 6.02. The summed E-state index contributed by atoms with van der Waals surface area (Å²) in [5, 5.41) is 6.47. The van der Waals surface area contributed by atoms with Gasteiger partial charge >= 0.3 is 0 Å². The zero-order valence-corrected chi connectivity index (χ0v) is 17.1. The lowest BCUT2D eigenvalue weighted by atomic mass is 10.2. The van der Waals surface area contributed by atoms with Crippen molar-refractivity contribution in [3.8, 4) is 16.4 Å². The summed E-state index contributed by atoms with van der Waals surface area (Å²) in [5.74, 6) is 0.834. The van der Waals surface area contributed by atoms with E-state index in [1.165, 1.54) is 23.5 Å². The fraction of sp³-hybridized carbons (Fsp3) is 0.227. The van der Waals surface area contributed by atoms with E-state index in [9.17, 15) is 9.18 Å². The highest BCUT2D eigenvalue weighted by Gasteiger charge is 2.39. The van der Waals surface area contributed by atoms with E-state index in [2.05, 4.69) is 10.1 Å². The Kier molecular flexibility index (Phi) is 4.71. The Morgan fingerprint density at radius 2 is 2.03 bits per heavy atom. The minimum atomic E-state index is -0.333. The second kappa shape index (κ2) is 7.53. The van der Waals surface area contributed by atoms with Crippen molar-refractivity contribution in [3.05, 3.63) is 77.6 Å². The van der Waals surface area contributed by atoms with Gasteiger partial charge in [0.1, 0.15) is 11.6 Å². The highest BCUT2D eigenvalue weighted by atomic mass is 32.1. The first-order valence-corrected chi connectivity index (χ1v) is 10.6. The minimum Gasteiger partial charge on any atom is -0.467 e. The standard InChI is InChI=1S/C22H19FN4O2S/c1-14(18-4-2-12-29-18)26(16-10-11-16)22(28)20-24-21(19-5-3-13-30-19)27(25-20)17-8-6-15(23)7-9-17/h2-9,12-14,16H,10-11H2,1H3. The molecule has 152 valence electrons. The van der Waals surface area contributed by atoms with Crippen LogP contribution >= 0.6 is 11.3 Å². The lowest BCUT2D eigenvalue weighted by Gasteiger charge is -2.26. The van der Waals surface area contributed by atoms with Gasteiger partial charge in [0, 0.05) is 6.04 Å². The molecular weight excluding hydrogens is 403 g/mol. The Labute approximate surface area is 176 Å². The number of carbonyl (C=O) groups is 1. The van der Waals surface area contributed by atoms with Crippen LogP contribution in [0.1, 0.15) is 42.2 Å². The number of benzene rings is 1. The molecule has 3 aromatic heterocycles. The molecule has 1 aliphatic carbocycles. The van der Waals surface area contributed by atoms with Gasteiger partial charge in [-0.25, -0.2) is 14.1 Å². The summed E-state index contributed by atoms with van der Waals surface area (Å²) < 4.78 is 20.6. The van der Waals surface area contributed by atoms with Crippen molar-refractivity contribution in [2.45, 2.75) is 31.8 Å². The second-order valence-corrected chi connectivity index (χ2v) is 8.21. The zero-order valence-electron chi connectivity index (χ0n) is 16.2. The highest BCUT2D eigenvalue weighted by molar-refractivity contribution is 7.13. The first-order valence-electron chi connectivity index (χ1n) is 9.75. The van der Waals surface area contributed by atoms with Crippen LogP contribution in [0.4, 0.5) is 4.39 Å². The van der Waals surface area contributed by atoms with Crippen LogP contribution in [0.15, 0.2) is 64.6 Å². The molecule has 6 nitrogen and oxygen atoms in total. The third kappa shape index (κ3) is 3.43. The van der Waals surface area contributed by atoms with Crippen molar-refractivity contribution in [2.75, 3.05) is 0 Å². The van der Waals surface area contributed by atoms with Crippen LogP contribution < -0.4 is 0 Å². The van der Waals surface area contributed by atoms with Gasteiger partial charge in [0.15, 0.2) is 5.82 Å². The topological polar surface area (TPSA) is 64.2 Å². The van der Waals surface area contributed by atoms with E-state index in [0.717, 1.165) is 23.5 Å². The van der Waals surface area contributed by atoms with Crippen molar-refractivity contribution < 1.29 is 13.6 Å². The van der Waals surface area contributed by atoms with Crippen LogP contribution in [0.3, 0.4) is 0 Å². The molecule has 0 radical (unpaired) electrons. The van der Waals surface area contributed by atoms with Crippen molar-refractivity contribution in [1.82, 2.24) is 19.7 Å². The lowest BCUT2D eigenvalue weighted by Crippen LogP contribution is -2.36. The smallest absolute Gasteiger partial charge is 0.294 e. The molecule has 0 saturated heterocycles. The molecule has 1 fully saturated rings. The SMILES string of the molecule is CC(c1ccco1)N(C(=O)c1nc(-c2cccs2)n(-c2ccc(F)cc2)n1)C1CC1.